The van der Waals surface area contributed by atoms with Crippen LogP contribution in [0.25, 0.3) is 0 Å². The molecule has 0 bridgehead atoms. The van der Waals surface area contributed by atoms with Crippen LogP contribution in [0, 0.1) is 0 Å². The quantitative estimate of drug-likeness (QED) is 0.848. The molecular formula is C12H17ClN2O3S. The van der Waals surface area contributed by atoms with Crippen LogP contribution in [-0.4, -0.2) is 37.3 Å². The standard InChI is InChI=1S/C12H17ClN2O3S/c1-17-11(16)9-10(13)15-12(19-9)14-6-5-8-4-2-3-7-18-8/h8H,2-7H2,1H3,(H,14,15). The molecule has 0 aliphatic carbocycles. The Morgan fingerprint density at radius 2 is 2.47 bits per heavy atom. The predicted molar refractivity (Wildman–Crippen MR) is 75.2 cm³/mol. The highest BCUT2D eigenvalue weighted by molar-refractivity contribution is 7.18. The number of ether oxygens (including phenoxy) is 2. The van der Waals surface area contributed by atoms with Gasteiger partial charge in [-0.15, -0.1) is 0 Å². The van der Waals surface area contributed by atoms with E-state index in [4.69, 9.17) is 16.3 Å². The van der Waals surface area contributed by atoms with E-state index >= 15 is 0 Å². The number of methoxy groups -OCH3 is 1. The molecule has 1 aromatic heterocycles. The number of nitrogens with one attached hydrogen (secondary N) is 1. The first-order chi connectivity index (χ1) is 9.20. The Labute approximate surface area is 121 Å². The zero-order valence-corrected chi connectivity index (χ0v) is 12.4. The van der Waals surface area contributed by atoms with Crippen LogP contribution < -0.4 is 5.32 Å². The lowest BCUT2D eigenvalue weighted by molar-refractivity contribution is 0.0134. The largest absolute Gasteiger partial charge is 0.465 e. The third-order valence-electron chi connectivity index (χ3n) is 2.97. The Bertz CT molecular complexity index is 433. The molecular weight excluding hydrogens is 288 g/mol. The molecule has 0 spiro atoms. The number of esters is 1. The van der Waals surface area contributed by atoms with Crippen LogP contribution >= 0.6 is 22.9 Å². The van der Waals surface area contributed by atoms with Crippen molar-refractivity contribution in [3.8, 4) is 0 Å². The zero-order chi connectivity index (χ0) is 13.7. The third kappa shape index (κ3) is 4.06. The Kier molecular flexibility index (Phi) is 5.42. The number of aromatic nitrogens is 1. The number of carbonyl (C=O) groups excluding carboxylic acids is 1. The maximum atomic E-state index is 11.4. The van der Waals surface area contributed by atoms with Crippen molar-refractivity contribution in [1.82, 2.24) is 4.98 Å². The number of thiazole rings is 1. The van der Waals surface area contributed by atoms with Crippen molar-refractivity contribution in [1.29, 1.82) is 0 Å². The summed E-state index contributed by atoms with van der Waals surface area (Å²) in [4.78, 5) is 15.8. The van der Waals surface area contributed by atoms with Crippen LogP contribution in [0.4, 0.5) is 5.13 Å². The van der Waals surface area contributed by atoms with E-state index in [0.29, 0.717) is 16.1 Å². The molecule has 19 heavy (non-hydrogen) atoms. The van der Waals surface area contributed by atoms with Crippen molar-refractivity contribution >= 4 is 34.0 Å². The van der Waals surface area contributed by atoms with E-state index in [1.54, 1.807) is 0 Å². The van der Waals surface area contributed by atoms with E-state index < -0.39 is 5.97 Å². The fraction of sp³-hybridized carbons (Fsp3) is 0.667. The van der Waals surface area contributed by atoms with Gasteiger partial charge in [-0.1, -0.05) is 22.9 Å². The summed E-state index contributed by atoms with van der Waals surface area (Å²) in [5.74, 6) is -0.453. The lowest BCUT2D eigenvalue weighted by atomic mass is 10.1. The molecule has 0 aromatic carbocycles. The highest BCUT2D eigenvalue weighted by Crippen LogP contribution is 2.27. The minimum atomic E-state index is -0.453. The van der Waals surface area contributed by atoms with Crippen molar-refractivity contribution in [3.63, 3.8) is 0 Å². The van der Waals surface area contributed by atoms with Crippen molar-refractivity contribution in [2.45, 2.75) is 31.8 Å². The fourth-order valence-electron chi connectivity index (χ4n) is 1.97. The molecule has 1 fully saturated rings. The molecule has 7 heteroatoms. The summed E-state index contributed by atoms with van der Waals surface area (Å²) in [7, 11) is 1.33. The Balaban J connectivity index is 1.81. The van der Waals surface area contributed by atoms with Gasteiger partial charge in [-0.3, -0.25) is 0 Å². The zero-order valence-electron chi connectivity index (χ0n) is 10.8. The number of rotatable bonds is 5. The lowest BCUT2D eigenvalue weighted by Gasteiger charge is -2.22. The van der Waals surface area contributed by atoms with Gasteiger partial charge >= 0.3 is 5.97 Å². The van der Waals surface area contributed by atoms with Gasteiger partial charge in [0.15, 0.2) is 15.2 Å². The van der Waals surface area contributed by atoms with Gasteiger partial charge in [-0.25, -0.2) is 9.78 Å². The van der Waals surface area contributed by atoms with Gasteiger partial charge in [-0.05, 0) is 25.7 Å². The molecule has 2 rings (SSSR count). The first-order valence-electron chi connectivity index (χ1n) is 6.31. The molecule has 0 amide bonds. The molecule has 106 valence electrons. The van der Waals surface area contributed by atoms with Gasteiger partial charge in [0.1, 0.15) is 0 Å². The van der Waals surface area contributed by atoms with Crippen molar-refractivity contribution in [2.75, 3.05) is 25.6 Å². The predicted octanol–water partition coefficient (Wildman–Crippen LogP) is 2.95. The van der Waals surface area contributed by atoms with Crippen LogP contribution in [0.3, 0.4) is 0 Å². The van der Waals surface area contributed by atoms with Crippen molar-refractivity contribution < 1.29 is 14.3 Å². The highest BCUT2D eigenvalue weighted by atomic mass is 35.5. The second-order valence-electron chi connectivity index (χ2n) is 4.33. The van der Waals surface area contributed by atoms with Crippen LogP contribution in [0.2, 0.25) is 5.15 Å². The van der Waals surface area contributed by atoms with Gasteiger partial charge in [0.2, 0.25) is 0 Å². The molecule has 1 saturated heterocycles. The van der Waals surface area contributed by atoms with Crippen LogP contribution in [0.5, 0.6) is 0 Å². The summed E-state index contributed by atoms with van der Waals surface area (Å²) < 4.78 is 10.3. The number of nitrogens with zero attached hydrogens (tertiary/aromatic N) is 1. The molecule has 1 aliphatic rings. The minimum absolute atomic E-state index is 0.188. The van der Waals surface area contributed by atoms with Crippen LogP contribution in [0.1, 0.15) is 35.4 Å². The fourth-order valence-corrected chi connectivity index (χ4v) is 3.10. The first-order valence-corrected chi connectivity index (χ1v) is 7.50. The smallest absolute Gasteiger partial charge is 0.351 e. The van der Waals surface area contributed by atoms with E-state index in [1.807, 2.05) is 0 Å². The maximum Gasteiger partial charge on any atom is 0.351 e. The average molecular weight is 305 g/mol. The summed E-state index contributed by atoms with van der Waals surface area (Å²) in [6.45, 7) is 1.62. The molecule has 1 unspecified atom stereocenters. The molecule has 5 nitrogen and oxygen atoms in total. The van der Waals surface area contributed by atoms with Crippen molar-refractivity contribution in [3.05, 3.63) is 10.0 Å². The third-order valence-corrected chi connectivity index (χ3v) is 4.35. The second kappa shape index (κ2) is 7.07. The van der Waals surface area contributed by atoms with E-state index in [-0.39, 0.29) is 5.15 Å². The normalized spacial score (nSPS) is 19.2. The van der Waals surface area contributed by atoms with Gasteiger partial charge in [0, 0.05) is 13.2 Å². The topological polar surface area (TPSA) is 60.5 Å². The Morgan fingerprint density at radius 1 is 1.63 bits per heavy atom. The second-order valence-corrected chi connectivity index (χ2v) is 5.69. The monoisotopic (exact) mass is 304 g/mol. The highest BCUT2D eigenvalue weighted by Gasteiger charge is 2.18. The molecule has 0 radical (unpaired) electrons. The minimum Gasteiger partial charge on any atom is -0.465 e. The molecule has 1 atom stereocenters. The molecule has 1 aliphatic heterocycles. The summed E-state index contributed by atoms with van der Waals surface area (Å²) in [6, 6.07) is 0. The lowest BCUT2D eigenvalue weighted by Crippen LogP contribution is -2.21. The summed E-state index contributed by atoms with van der Waals surface area (Å²) in [6.07, 6.45) is 4.78. The summed E-state index contributed by atoms with van der Waals surface area (Å²) in [5.41, 5.74) is 0. The van der Waals surface area contributed by atoms with Crippen LogP contribution in [-0.2, 0) is 9.47 Å². The van der Waals surface area contributed by atoms with Gasteiger partial charge in [0.25, 0.3) is 0 Å². The Hall–Kier alpha value is -0.850. The van der Waals surface area contributed by atoms with Gasteiger partial charge in [-0.2, -0.15) is 0 Å². The SMILES string of the molecule is COC(=O)c1sc(NCCC2CCCCO2)nc1Cl. The number of hydrogen-bond donors (Lipinski definition) is 1. The number of hydrogen-bond acceptors (Lipinski definition) is 6. The summed E-state index contributed by atoms with van der Waals surface area (Å²) in [5, 5.41) is 4.00. The molecule has 2 heterocycles. The van der Waals surface area contributed by atoms with E-state index in [0.717, 1.165) is 32.4 Å². The summed E-state index contributed by atoms with van der Waals surface area (Å²) >= 11 is 7.09. The van der Waals surface area contributed by atoms with Crippen LogP contribution in [0.15, 0.2) is 0 Å². The number of anilines is 1. The number of halogens is 1. The van der Waals surface area contributed by atoms with Crippen molar-refractivity contribution in [2.24, 2.45) is 0 Å². The van der Waals surface area contributed by atoms with Gasteiger partial charge < -0.3 is 14.8 Å². The molecule has 1 N–H and O–H groups in total. The number of carbonyl (C=O) groups is 1. The maximum absolute atomic E-state index is 11.4. The molecule has 0 saturated carbocycles. The van der Waals surface area contributed by atoms with Gasteiger partial charge in [0.05, 0.1) is 13.2 Å². The Morgan fingerprint density at radius 3 is 3.16 bits per heavy atom. The van der Waals surface area contributed by atoms with E-state index in [2.05, 4.69) is 15.0 Å². The average Bonchev–Trinajstić information content (AvgIpc) is 2.80. The van der Waals surface area contributed by atoms with E-state index in [1.165, 1.54) is 24.9 Å². The first kappa shape index (κ1) is 14.6. The molecule has 1 aromatic rings. The van der Waals surface area contributed by atoms with E-state index in [9.17, 15) is 4.79 Å².